The number of pyridine rings is 1. The van der Waals surface area contributed by atoms with E-state index >= 15 is 0 Å². The number of nitrogens with zero attached hydrogens (tertiary/aromatic N) is 1. The van der Waals surface area contributed by atoms with Gasteiger partial charge in [-0.3, -0.25) is 0 Å². The van der Waals surface area contributed by atoms with Crippen molar-refractivity contribution in [3.8, 4) is 0 Å². The summed E-state index contributed by atoms with van der Waals surface area (Å²) in [7, 11) is 0. The van der Waals surface area contributed by atoms with Crippen molar-refractivity contribution in [2.24, 2.45) is 0 Å². The predicted molar refractivity (Wildman–Crippen MR) is 92.2 cm³/mol. The van der Waals surface area contributed by atoms with Gasteiger partial charge in [-0.25, -0.2) is 18.6 Å². The Morgan fingerprint density at radius 3 is 1.84 bits per heavy atom. The van der Waals surface area contributed by atoms with Crippen molar-refractivity contribution in [1.29, 1.82) is 0 Å². The summed E-state index contributed by atoms with van der Waals surface area (Å²) in [4.78, 5) is 17.6. The Balaban J connectivity index is 1.86. The van der Waals surface area contributed by atoms with Gasteiger partial charge >= 0.3 is 5.97 Å². The van der Waals surface area contributed by atoms with Gasteiger partial charge in [-0.2, -0.15) is 0 Å². The summed E-state index contributed by atoms with van der Waals surface area (Å²) in [6, 6.07) is 15.0. The molecule has 3 rings (SSSR count). The van der Waals surface area contributed by atoms with Gasteiger partial charge in [-0.1, -0.05) is 23.5 Å². The van der Waals surface area contributed by atoms with Gasteiger partial charge < -0.3 is 5.11 Å². The van der Waals surface area contributed by atoms with Crippen molar-refractivity contribution in [3.05, 3.63) is 78.0 Å². The molecule has 0 aliphatic heterocycles. The molecule has 7 heteroatoms. The first-order valence-electron chi connectivity index (χ1n) is 7.12. The van der Waals surface area contributed by atoms with Gasteiger partial charge in [0.15, 0.2) is 5.69 Å². The van der Waals surface area contributed by atoms with E-state index in [4.69, 9.17) is 0 Å². The van der Waals surface area contributed by atoms with Gasteiger partial charge in [0.05, 0.1) is 0 Å². The molecule has 0 radical (unpaired) electrons. The van der Waals surface area contributed by atoms with Crippen LogP contribution < -0.4 is 0 Å². The lowest BCUT2D eigenvalue weighted by Gasteiger charge is -2.08. The van der Waals surface area contributed by atoms with Crippen LogP contribution in [0.25, 0.3) is 0 Å². The van der Waals surface area contributed by atoms with Crippen molar-refractivity contribution >= 4 is 29.5 Å². The van der Waals surface area contributed by atoms with E-state index in [-0.39, 0.29) is 17.3 Å². The van der Waals surface area contributed by atoms with E-state index in [2.05, 4.69) is 4.98 Å². The highest BCUT2D eigenvalue weighted by Gasteiger charge is 2.15. The van der Waals surface area contributed by atoms with E-state index in [1.54, 1.807) is 36.4 Å². The lowest BCUT2D eigenvalue weighted by atomic mass is 10.3. The molecule has 1 aromatic heterocycles. The minimum Gasteiger partial charge on any atom is -0.476 e. The molecule has 3 aromatic rings. The summed E-state index contributed by atoms with van der Waals surface area (Å²) in [6.45, 7) is 0. The largest absolute Gasteiger partial charge is 0.476 e. The molecule has 0 saturated carbocycles. The molecule has 0 atom stereocenters. The zero-order chi connectivity index (χ0) is 17.8. The van der Waals surface area contributed by atoms with E-state index in [9.17, 15) is 18.7 Å². The van der Waals surface area contributed by atoms with Crippen molar-refractivity contribution in [2.45, 2.75) is 19.7 Å². The Morgan fingerprint density at radius 1 is 0.800 bits per heavy atom. The zero-order valence-electron chi connectivity index (χ0n) is 12.6. The van der Waals surface area contributed by atoms with Crippen LogP contribution in [0.5, 0.6) is 0 Å². The molecular formula is C18H11F2NO2S2. The van der Waals surface area contributed by atoms with E-state index in [1.807, 2.05) is 0 Å². The second-order valence-electron chi connectivity index (χ2n) is 4.91. The SMILES string of the molecule is O=C(O)c1nc(Sc2ccc(F)cc2)ccc1Sc1ccc(F)cc1. The summed E-state index contributed by atoms with van der Waals surface area (Å²) in [6.07, 6.45) is 0. The molecule has 0 aliphatic carbocycles. The molecule has 0 bridgehead atoms. The van der Waals surface area contributed by atoms with E-state index in [0.717, 1.165) is 4.90 Å². The van der Waals surface area contributed by atoms with Crippen LogP contribution in [0, 0.1) is 11.6 Å². The van der Waals surface area contributed by atoms with Gasteiger partial charge in [-0.05, 0) is 60.7 Å². The molecular weight excluding hydrogens is 364 g/mol. The highest BCUT2D eigenvalue weighted by atomic mass is 32.2. The average Bonchev–Trinajstić information content (AvgIpc) is 2.60. The Kier molecular flexibility index (Phi) is 5.35. The maximum absolute atomic E-state index is 13.0. The molecule has 0 fully saturated rings. The lowest BCUT2D eigenvalue weighted by molar-refractivity contribution is 0.0685. The minimum absolute atomic E-state index is 0.0820. The minimum atomic E-state index is -1.15. The number of carbonyl (C=O) groups is 1. The zero-order valence-corrected chi connectivity index (χ0v) is 14.3. The third kappa shape index (κ3) is 4.58. The number of halogens is 2. The topological polar surface area (TPSA) is 50.2 Å². The standard InChI is InChI=1S/C18H11F2NO2S2/c19-11-1-5-13(6-2-11)24-15-9-10-16(21-17(15)18(22)23)25-14-7-3-12(20)4-8-14/h1-10H,(H,22,23). The first kappa shape index (κ1) is 17.4. The van der Waals surface area contributed by atoms with Crippen LogP contribution in [-0.2, 0) is 0 Å². The van der Waals surface area contributed by atoms with Crippen LogP contribution in [0.15, 0.2) is 80.4 Å². The molecule has 1 heterocycles. The van der Waals surface area contributed by atoms with Crippen LogP contribution >= 0.6 is 23.5 Å². The fourth-order valence-electron chi connectivity index (χ4n) is 1.97. The van der Waals surface area contributed by atoms with Crippen LogP contribution in [-0.4, -0.2) is 16.1 Å². The number of hydrogen-bond donors (Lipinski definition) is 1. The normalized spacial score (nSPS) is 10.6. The lowest BCUT2D eigenvalue weighted by Crippen LogP contribution is -2.03. The molecule has 0 amide bonds. The Morgan fingerprint density at radius 2 is 1.32 bits per heavy atom. The fraction of sp³-hybridized carbons (Fsp3) is 0. The van der Waals surface area contributed by atoms with Crippen molar-refractivity contribution in [2.75, 3.05) is 0 Å². The van der Waals surface area contributed by atoms with Crippen molar-refractivity contribution in [3.63, 3.8) is 0 Å². The van der Waals surface area contributed by atoms with E-state index < -0.39 is 5.97 Å². The molecule has 2 aromatic carbocycles. The first-order chi connectivity index (χ1) is 12.0. The highest BCUT2D eigenvalue weighted by Crippen LogP contribution is 2.33. The summed E-state index contributed by atoms with van der Waals surface area (Å²) >= 11 is 2.44. The number of aromatic carboxylic acids is 1. The van der Waals surface area contributed by atoms with Gasteiger partial charge in [0.2, 0.25) is 0 Å². The molecule has 0 unspecified atom stereocenters. The van der Waals surface area contributed by atoms with Crippen LogP contribution in [0.1, 0.15) is 10.5 Å². The second kappa shape index (κ2) is 7.67. The van der Waals surface area contributed by atoms with Crippen LogP contribution in [0.4, 0.5) is 8.78 Å². The summed E-state index contributed by atoms with van der Waals surface area (Å²) in [5.41, 5.74) is -0.0820. The molecule has 0 aliphatic rings. The number of carboxylic acid groups (broad SMARTS) is 1. The summed E-state index contributed by atoms with van der Waals surface area (Å²) in [5.74, 6) is -1.84. The van der Waals surface area contributed by atoms with Gasteiger partial charge in [-0.15, -0.1) is 0 Å². The van der Waals surface area contributed by atoms with E-state index in [0.29, 0.717) is 14.8 Å². The van der Waals surface area contributed by atoms with Crippen LogP contribution in [0.2, 0.25) is 0 Å². The smallest absolute Gasteiger partial charge is 0.355 e. The summed E-state index contributed by atoms with van der Waals surface area (Å²) in [5, 5.41) is 9.91. The Labute approximate surface area is 151 Å². The van der Waals surface area contributed by atoms with Crippen LogP contribution in [0.3, 0.4) is 0 Å². The highest BCUT2D eigenvalue weighted by molar-refractivity contribution is 7.99. The predicted octanol–water partition coefficient (Wildman–Crippen LogP) is 5.36. The average molecular weight is 375 g/mol. The van der Waals surface area contributed by atoms with Gasteiger partial charge in [0.25, 0.3) is 0 Å². The fourth-order valence-corrected chi connectivity index (χ4v) is 3.65. The third-order valence-electron chi connectivity index (χ3n) is 3.11. The maximum Gasteiger partial charge on any atom is 0.355 e. The summed E-state index contributed by atoms with van der Waals surface area (Å²) < 4.78 is 25.9. The first-order valence-corrected chi connectivity index (χ1v) is 8.76. The van der Waals surface area contributed by atoms with Gasteiger partial charge in [0, 0.05) is 14.7 Å². The molecule has 126 valence electrons. The Bertz CT molecular complexity index is 900. The number of carboxylic acids is 1. The number of rotatable bonds is 5. The molecule has 0 saturated heterocycles. The Hall–Kier alpha value is -2.38. The quantitative estimate of drug-likeness (QED) is 0.650. The third-order valence-corrected chi connectivity index (χ3v) is 5.11. The molecule has 25 heavy (non-hydrogen) atoms. The number of hydrogen-bond acceptors (Lipinski definition) is 4. The molecule has 3 nitrogen and oxygen atoms in total. The second-order valence-corrected chi connectivity index (χ2v) is 7.12. The van der Waals surface area contributed by atoms with Gasteiger partial charge in [0.1, 0.15) is 16.7 Å². The van der Waals surface area contributed by atoms with E-state index in [1.165, 1.54) is 47.8 Å². The maximum atomic E-state index is 13.0. The molecule has 0 spiro atoms. The molecule has 1 N–H and O–H groups in total. The number of aromatic nitrogens is 1. The monoisotopic (exact) mass is 375 g/mol. The van der Waals surface area contributed by atoms with Crippen molar-refractivity contribution < 1.29 is 18.7 Å². The van der Waals surface area contributed by atoms with Crippen molar-refractivity contribution in [1.82, 2.24) is 4.98 Å². The number of benzene rings is 2.